The van der Waals surface area contributed by atoms with Crippen LogP contribution in [0.1, 0.15) is 13.8 Å². The molecule has 3 amide bonds. The Hall–Kier alpha value is -1.63. The van der Waals surface area contributed by atoms with Gasteiger partial charge in [-0.05, 0) is 40.0 Å². The molecule has 1 rings (SSSR count). The highest BCUT2D eigenvalue weighted by Crippen LogP contribution is 2.25. The molecule has 0 aliphatic heterocycles. The van der Waals surface area contributed by atoms with Gasteiger partial charge in [-0.25, -0.2) is 9.18 Å². The van der Waals surface area contributed by atoms with Crippen molar-refractivity contribution < 1.29 is 18.7 Å². The van der Waals surface area contributed by atoms with E-state index in [2.05, 4.69) is 26.6 Å². The summed E-state index contributed by atoms with van der Waals surface area (Å²) in [5.74, 6) is -0.379. The fraction of sp³-hybridized carbons (Fsp3) is 0.385. The maximum atomic E-state index is 12.9. The van der Waals surface area contributed by atoms with Crippen molar-refractivity contribution in [3.05, 3.63) is 28.5 Å². The number of urea groups is 1. The van der Waals surface area contributed by atoms with Crippen molar-refractivity contribution in [2.75, 3.05) is 13.2 Å². The molecular formula is C13H16BrFN2O3. The lowest BCUT2D eigenvalue weighted by Crippen LogP contribution is -2.42. The number of ether oxygens (including phenoxy) is 1. The molecule has 0 aliphatic carbocycles. The van der Waals surface area contributed by atoms with Crippen LogP contribution in [0.25, 0.3) is 0 Å². The highest BCUT2D eigenvalue weighted by Gasteiger charge is 2.10. The number of amides is 3. The fourth-order valence-corrected chi connectivity index (χ4v) is 1.70. The Morgan fingerprint density at radius 1 is 1.40 bits per heavy atom. The molecule has 0 radical (unpaired) electrons. The van der Waals surface area contributed by atoms with Crippen LogP contribution < -0.4 is 15.4 Å². The lowest BCUT2D eigenvalue weighted by molar-refractivity contribution is -0.122. The van der Waals surface area contributed by atoms with Crippen LogP contribution in [-0.4, -0.2) is 25.1 Å². The maximum Gasteiger partial charge on any atom is 0.321 e. The predicted molar refractivity (Wildman–Crippen MR) is 76.0 cm³/mol. The quantitative estimate of drug-likeness (QED) is 0.860. The zero-order valence-electron chi connectivity index (χ0n) is 11.2. The molecule has 0 aliphatic rings. The summed E-state index contributed by atoms with van der Waals surface area (Å²) in [6, 6.07) is 3.27. The van der Waals surface area contributed by atoms with Crippen molar-refractivity contribution in [1.82, 2.24) is 10.6 Å². The summed E-state index contributed by atoms with van der Waals surface area (Å²) >= 11 is 3.11. The number of hydrogen-bond acceptors (Lipinski definition) is 3. The number of nitrogens with one attached hydrogen (secondary N) is 2. The fourth-order valence-electron chi connectivity index (χ4n) is 1.24. The number of imide groups is 1. The van der Waals surface area contributed by atoms with Gasteiger partial charge in [0.2, 0.25) is 0 Å². The largest absolute Gasteiger partial charge is 0.483 e. The third-order valence-electron chi connectivity index (χ3n) is 2.18. The Labute approximate surface area is 125 Å². The molecule has 0 unspecified atom stereocenters. The molecule has 0 bridgehead atoms. The van der Waals surface area contributed by atoms with Gasteiger partial charge in [-0.1, -0.05) is 13.8 Å². The van der Waals surface area contributed by atoms with Crippen molar-refractivity contribution in [2.24, 2.45) is 5.92 Å². The summed E-state index contributed by atoms with van der Waals surface area (Å²) in [6.07, 6.45) is 0. The smallest absolute Gasteiger partial charge is 0.321 e. The van der Waals surface area contributed by atoms with Crippen LogP contribution in [0.3, 0.4) is 0 Å². The van der Waals surface area contributed by atoms with E-state index >= 15 is 0 Å². The minimum atomic E-state index is -0.581. The Balaban J connectivity index is 2.38. The minimum Gasteiger partial charge on any atom is -0.483 e. The molecule has 0 saturated carbocycles. The van der Waals surface area contributed by atoms with Gasteiger partial charge >= 0.3 is 6.03 Å². The number of benzene rings is 1. The predicted octanol–water partition coefficient (Wildman–Crippen LogP) is 2.45. The van der Waals surface area contributed by atoms with Crippen molar-refractivity contribution in [3.63, 3.8) is 0 Å². The molecule has 2 N–H and O–H groups in total. The molecule has 5 nitrogen and oxygen atoms in total. The average molecular weight is 347 g/mol. The zero-order valence-corrected chi connectivity index (χ0v) is 12.8. The molecule has 110 valence electrons. The van der Waals surface area contributed by atoms with Gasteiger partial charge in [-0.15, -0.1) is 0 Å². The summed E-state index contributed by atoms with van der Waals surface area (Å²) in [6.45, 7) is 4.03. The van der Waals surface area contributed by atoms with Crippen molar-refractivity contribution >= 4 is 27.9 Å². The molecule has 0 heterocycles. The molecule has 0 fully saturated rings. The van der Waals surface area contributed by atoms with Crippen molar-refractivity contribution in [1.29, 1.82) is 0 Å². The Morgan fingerprint density at radius 2 is 2.10 bits per heavy atom. The van der Waals surface area contributed by atoms with E-state index in [1.54, 1.807) is 0 Å². The van der Waals surface area contributed by atoms with Crippen LogP contribution in [0.4, 0.5) is 9.18 Å². The third-order valence-corrected chi connectivity index (χ3v) is 2.80. The summed E-state index contributed by atoms with van der Waals surface area (Å²) in [5, 5.41) is 4.68. The minimum absolute atomic E-state index is 0.294. The lowest BCUT2D eigenvalue weighted by atomic mass is 10.2. The van der Waals surface area contributed by atoms with Crippen LogP contribution in [0.5, 0.6) is 5.75 Å². The van der Waals surface area contributed by atoms with Crippen LogP contribution in [0.2, 0.25) is 0 Å². The molecular weight excluding hydrogens is 331 g/mol. The molecule has 1 aromatic carbocycles. The molecule has 0 saturated heterocycles. The van der Waals surface area contributed by atoms with E-state index in [0.29, 0.717) is 22.7 Å². The highest BCUT2D eigenvalue weighted by atomic mass is 79.9. The number of carbonyl (C=O) groups is 2. The number of rotatable bonds is 5. The van der Waals surface area contributed by atoms with Crippen molar-refractivity contribution in [2.45, 2.75) is 13.8 Å². The van der Waals surface area contributed by atoms with Gasteiger partial charge in [0.15, 0.2) is 6.61 Å². The number of carbonyl (C=O) groups excluding carboxylic acids is 2. The second-order valence-corrected chi connectivity index (χ2v) is 5.37. The Kier molecular flexibility index (Phi) is 6.44. The molecule has 7 heteroatoms. The summed E-state index contributed by atoms with van der Waals surface area (Å²) < 4.78 is 18.4. The number of halogens is 2. The molecule has 1 aromatic rings. The van der Waals surface area contributed by atoms with Gasteiger partial charge in [0.05, 0.1) is 4.47 Å². The Morgan fingerprint density at radius 3 is 2.70 bits per heavy atom. The van der Waals surface area contributed by atoms with Crippen LogP contribution in [0.15, 0.2) is 22.7 Å². The Bertz CT molecular complexity index is 495. The van der Waals surface area contributed by atoms with E-state index < -0.39 is 17.8 Å². The first-order valence-corrected chi connectivity index (χ1v) is 6.83. The van der Waals surface area contributed by atoms with Crippen LogP contribution in [0, 0.1) is 11.7 Å². The standard InChI is InChI=1S/C13H16BrFN2O3/c1-8(2)6-16-13(19)17-12(18)7-20-11-4-3-9(15)5-10(11)14/h3-5,8H,6-7H2,1-2H3,(H2,16,17,18,19). The first-order chi connectivity index (χ1) is 9.38. The van der Waals surface area contributed by atoms with E-state index in [1.807, 2.05) is 13.8 Å². The van der Waals surface area contributed by atoms with E-state index in [-0.39, 0.29) is 6.61 Å². The second kappa shape index (κ2) is 7.84. The normalized spacial score (nSPS) is 10.2. The molecule has 0 atom stereocenters. The van der Waals surface area contributed by atoms with Gasteiger partial charge in [0.1, 0.15) is 11.6 Å². The van der Waals surface area contributed by atoms with E-state index in [0.717, 1.165) is 0 Å². The van der Waals surface area contributed by atoms with E-state index in [9.17, 15) is 14.0 Å². The SMILES string of the molecule is CC(C)CNC(=O)NC(=O)COc1ccc(F)cc1Br. The van der Waals surface area contributed by atoms with Crippen LogP contribution >= 0.6 is 15.9 Å². The molecule has 0 spiro atoms. The average Bonchev–Trinajstić information content (AvgIpc) is 2.35. The van der Waals surface area contributed by atoms with E-state index in [1.165, 1.54) is 18.2 Å². The van der Waals surface area contributed by atoms with Gasteiger partial charge in [-0.2, -0.15) is 0 Å². The summed E-state index contributed by atoms with van der Waals surface area (Å²) in [4.78, 5) is 22.8. The van der Waals surface area contributed by atoms with Gasteiger partial charge in [0.25, 0.3) is 5.91 Å². The molecule has 20 heavy (non-hydrogen) atoms. The van der Waals surface area contributed by atoms with Gasteiger partial charge in [-0.3, -0.25) is 10.1 Å². The summed E-state index contributed by atoms with van der Waals surface area (Å²) in [5.41, 5.74) is 0. The second-order valence-electron chi connectivity index (χ2n) is 4.52. The summed E-state index contributed by atoms with van der Waals surface area (Å²) in [7, 11) is 0. The molecule has 0 aromatic heterocycles. The topological polar surface area (TPSA) is 67.4 Å². The van der Waals surface area contributed by atoms with Crippen LogP contribution in [-0.2, 0) is 4.79 Å². The maximum absolute atomic E-state index is 12.9. The van der Waals surface area contributed by atoms with Crippen molar-refractivity contribution in [3.8, 4) is 5.75 Å². The number of hydrogen-bond donors (Lipinski definition) is 2. The monoisotopic (exact) mass is 346 g/mol. The van der Waals surface area contributed by atoms with Gasteiger partial charge < -0.3 is 10.1 Å². The first kappa shape index (κ1) is 16.4. The lowest BCUT2D eigenvalue weighted by Gasteiger charge is -2.10. The zero-order chi connectivity index (χ0) is 15.1. The highest BCUT2D eigenvalue weighted by molar-refractivity contribution is 9.10. The van der Waals surface area contributed by atoms with Gasteiger partial charge in [0, 0.05) is 6.54 Å². The third kappa shape index (κ3) is 6.01. The van der Waals surface area contributed by atoms with E-state index in [4.69, 9.17) is 4.74 Å². The first-order valence-electron chi connectivity index (χ1n) is 6.04.